The number of carbonyl (C=O) groups is 1. The molecule has 0 aromatic heterocycles. The fraction of sp³-hybridized carbons (Fsp3) is 0.364. The van der Waals surface area contributed by atoms with Crippen LogP contribution in [-0.2, 0) is 11.3 Å². The van der Waals surface area contributed by atoms with Gasteiger partial charge in [-0.05, 0) is 36.8 Å². The number of nitriles is 1. The lowest BCUT2D eigenvalue weighted by atomic mass is 10.1. The molecule has 1 atom stereocenters. The lowest BCUT2D eigenvalue weighted by Gasteiger charge is -2.39. The first-order chi connectivity index (χ1) is 14.0. The number of piperazine rings is 1. The van der Waals surface area contributed by atoms with Crippen LogP contribution in [0.15, 0.2) is 36.4 Å². The van der Waals surface area contributed by atoms with Crippen molar-refractivity contribution >= 4 is 11.6 Å². The predicted molar refractivity (Wildman–Crippen MR) is 109 cm³/mol. The van der Waals surface area contributed by atoms with E-state index < -0.39 is 0 Å². The molecule has 2 aromatic carbocycles. The number of carbonyl (C=O) groups excluding carboxylic acids is 1. The van der Waals surface area contributed by atoms with Crippen molar-refractivity contribution in [1.29, 1.82) is 5.26 Å². The second kappa shape index (κ2) is 8.84. The van der Waals surface area contributed by atoms with Gasteiger partial charge in [-0.3, -0.25) is 9.69 Å². The number of para-hydroxylation sites is 1. The molecule has 29 heavy (non-hydrogen) atoms. The number of anilines is 1. The van der Waals surface area contributed by atoms with E-state index in [4.69, 9.17) is 14.2 Å². The smallest absolute Gasteiger partial charge is 0.241 e. The van der Waals surface area contributed by atoms with E-state index in [1.54, 1.807) is 38.4 Å². The molecule has 0 spiro atoms. The first kappa shape index (κ1) is 20.5. The van der Waals surface area contributed by atoms with Crippen LogP contribution in [0.5, 0.6) is 17.2 Å². The van der Waals surface area contributed by atoms with Crippen molar-refractivity contribution < 1.29 is 19.0 Å². The van der Waals surface area contributed by atoms with Crippen molar-refractivity contribution in [2.75, 3.05) is 39.3 Å². The van der Waals surface area contributed by atoms with E-state index >= 15 is 0 Å². The molecule has 2 aromatic rings. The maximum atomic E-state index is 12.9. The Kier molecular flexibility index (Phi) is 6.25. The van der Waals surface area contributed by atoms with E-state index in [9.17, 15) is 10.1 Å². The third-order valence-corrected chi connectivity index (χ3v) is 5.14. The second-order valence-corrected chi connectivity index (χ2v) is 6.92. The summed E-state index contributed by atoms with van der Waals surface area (Å²) in [6.07, 6.45) is 0. The average Bonchev–Trinajstić information content (AvgIpc) is 2.75. The molecule has 0 radical (unpaired) electrons. The van der Waals surface area contributed by atoms with Gasteiger partial charge in [0.05, 0.1) is 39.1 Å². The third-order valence-electron chi connectivity index (χ3n) is 5.14. The molecule has 1 saturated heterocycles. The summed E-state index contributed by atoms with van der Waals surface area (Å²) in [5, 5.41) is 9.36. The molecule has 7 heteroatoms. The van der Waals surface area contributed by atoms with E-state index in [0.29, 0.717) is 41.6 Å². The van der Waals surface area contributed by atoms with E-state index in [2.05, 4.69) is 17.9 Å². The van der Waals surface area contributed by atoms with Gasteiger partial charge >= 0.3 is 0 Å². The second-order valence-electron chi connectivity index (χ2n) is 6.92. The molecule has 152 valence electrons. The van der Waals surface area contributed by atoms with E-state index in [0.717, 1.165) is 5.56 Å². The standard InChI is InChI=1S/C22H25N3O4/c1-15-12-25(18-8-6-5-7-17(18)11-23)21(26)14-24(15)13-16-9-19(27-2)22(29-4)20(10-16)28-3/h5-10,15H,12-14H2,1-4H3. The number of rotatable bonds is 6. The Morgan fingerprint density at radius 1 is 1.10 bits per heavy atom. The van der Waals surface area contributed by atoms with Crippen molar-refractivity contribution in [2.45, 2.75) is 19.5 Å². The maximum Gasteiger partial charge on any atom is 0.241 e. The number of benzene rings is 2. The van der Waals surface area contributed by atoms with Crippen molar-refractivity contribution in [3.05, 3.63) is 47.5 Å². The Morgan fingerprint density at radius 2 is 1.76 bits per heavy atom. The van der Waals surface area contributed by atoms with Crippen LogP contribution < -0.4 is 19.1 Å². The normalized spacial score (nSPS) is 17.0. The minimum absolute atomic E-state index is 0.0294. The minimum Gasteiger partial charge on any atom is -0.493 e. The summed E-state index contributed by atoms with van der Waals surface area (Å²) in [6.45, 7) is 3.42. The van der Waals surface area contributed by atoms with Crippen LogP contribution in [0.4, 0.5) is 5.69 Å². The summed E-state index contributed by atoms with van der Waals surface area (Å²) in [4.78, 5) is 16.7. The van der Waals surface area contributed by atoms with Gasteiger partial charge in [0, 0.05) is 19.1 Å². The number of nitrogens with zero attached hydrogens (tertiary/aromatic N) is 3. The first-order valence-corrected chi connectivity index (χ1v) is 9.34. The lowest BCUT2D eigenvalue weighted by molar-refractivity contribution is -0.122. The number of amides is 1. The molecular formula is C22H25N3O4. The van der Waals surface area contributed by atoms with Crippen LogP contribution in [0.25, 0.3) is 0 Å². The van der Waals surface area contributed by atoms with Gasteiger partial charge in [0.1, 0.15) is 6.07 Å². The largest absolute Gasteiger partial charge is 0.493 e. The van der Waals surface area contributed by atoms with Crippen LogP contribution in [0, 0.1) is 11.3 Å². The fourth-order valence-electron chi connectivity index (χ4n) is 3.61. The van der Waals surface area contributed by atoms with Gasteiger partial charge in [-0.15, -0.1) is 0 Å². The van der Waals surface area contributed by atoms with Crippen molar-refractivity contribution in [1.82, 2.24) is 4.90 Å². The van der Waals surface area contributed by atoms with Gasteiger partial charge in [0.15, 0.2) is 11.5 Å². The molecule has 7 nitrogen and oxygen atoms in total. The predicted octanol–water partition coefficient (Wildman–Crippen LogP) is 2.82. The van der Waals surface area contributed by atoms with Gasteiger partial charge in [-0.2, -0.15) is 5.26 Å². The summed E-state index contributed by atoms with van der Waals surface area (Å²) in [5.41, 5.74) is 2.13. The van der Waals surface area contributed by atoms with Crippen LogP contribution >= 0.6 is 0 Å². The molecule has 0 bridgehead atoms. The number of methoxy groups -OCH3 is 3. The summed E-state index contributed by atoms with van der Waals surface area (Å²) < 4.78 is 16.2. The molecule has 1 amide bonds. The van der Waals surface area contributed by atoms with E-state index in [1.807, 2.05) is 24.3 Å². The highest BCUT2D eigenvalue weighted by atomic mass is 16.5. The monoisotopic (exact) mass is 395 g/mol. The van der Waals surface area contributed by atoms with Crippen LogP contribution in [0.3, 0.4) is 0 Å². The SMILES string of the molecule is COc1cc(CN2CC(=O)N(c3ccccc3C#N)CC2C)cc(OC)c1OC. The average molecular weight is 395 g/mol. The Labute approximate surface area is 171 Å². The highest BCUT2D eigenvalue weighted by Gasteiger charge is 2.31. The topological polar surface area (TPSA) is 75.0 Å². The molecule has 1 fully saturated rings. The summed E-state index contributed by atoms with van der Waals surface area (Å²) in [6, 6.07) is 13.3. The third kappa shape index (κ3) is 4.13. The van der Waals surface area contributed by atoms with Crippen LogP contribution in [0.2, 0.25) is 0 Å². The zero-order valence-electron chi connectivity index (χ0n) is 17.1. The molecule has 0 saturated carbocycles. The molecular weight excluding hydrogens is 370 g/mol. The molecule has 0 N–H and O–H groups in total. The molecule has 1 aliphatic rings. The first-order valence-electron chi connectivity index (χ1n) is 9.34. The van der Waals surface area contributed by atoms with Gasteiger partial charge < -0.3 is 19.1 Å². The summed E-state index contributed by atoms with van der Waals surface area (Å²) >= 11 is 0. The molecule has 3 rings (SSSR count). The maximum absolute atomic E-state index is 12.9. The Balaban J connectivity index is 1.81. The minimum atomic E-state index is -0.0294. The molecule has 1 heterocycles. The quantitative estimate of drug-likeness (QED) is 0.749. The zero-order valence-corrected chi connectivity index (χ0v) is 17.1. The Bertz CT molecular complexity index is 913. The zero-order chi connectivity index (χ0) is 21.0. The van der Waals surface area contributed by atoms with Crippen LogP contribution in [0.1, 0.15) is 18.1 Å². The highest BCUT2D eigenvalue weighted by Crippen LogP contribution is 2.38. The molecule has 1 aliphatic heterocycles. The van der Waals surface area contributed by atoms with Gasteiger partial charge in [0.25, 0.3) is 0 Å². The molecule has 1 unspecified atom stereocenters. The number of hydrogen-bond donors (Lipinski definition) is 0. The van der Waals surface area contributed by atoms with Crippen LogP contribution in [-0.4, -0.2) is 51.3 Å². The number of ether oxygens (including phenoxy) is 3. The number of hydrogen-bond acceptors (Lipinski definition) is 6. The van der Waals surface area contributed by atoms with E-state index in [1.165, 1.54) is 0 Å². The Hall–Kier alpha value is -3.24. The summed E-state index contributed by atoms with van der Waals surface area (Å²) in [5.74, 6) is 1.68. The van der Waals surface area contributed by atoms with Crippen molar-refractivity contribution in [2.24, 2.45) is 0 Å². The van der Waals surface area contributed by atoms with Crippen molar-refractivity contribution in [3.8, 4) is 23.3 Å². The lowest BCUT2D eigenvalue weighted by Crippen LogP contribution is -2.55. The van der Waals surface area contributed by atoms with Crippen molar-refractivity contribution in [3.63, 3.8) is 0 Å². The summed E-state index contributed by atoms with van der Waals surface area (Å²) in [7, 11) is 4.73. The molecule has 0 aliphatic carbocycles. The van der Waals surface area contributed by atoms with Gasteiger partial charge in [-0.25, -0.2) is 0 Å². The Morgan fingerprint density at radius 3 is 2.34 bits per heavy atom. The van der Waals surface area contributed by atoms with Gasteiger partial charge in [-0.1, -0.05) is 12.1 Å². The van der Waals surface area contributed by atoms with E-state index in [-0.39, 0.29) is 18.5 Å². The fourth-order valence-corrected chi connectivity index (χ4v) is 3.61. The van der Waals surface area contributed by atoms with Gasteiger partial charge in [0.2, 0.25) is 11.7 Å². The highest BCUT2D eigenvalue weighted by molar-refractivity contribution is 5.96.